The summed E-state index contributed by atoms with van der Waals surface area (Å²) >= 11 is 0. The molecule has 6 heteroatoms. The van der Waals surface area contributed by atoms with Crippen LogP contribution in [0.25, 0.3) is 0 Å². The topological polar surface area (TPSA) is 64.6 Å². The first-order valence-corrected chi connectivity index (χ1v) is 8.68. The second-order valence-electron chi connectivity index (χ2n) is 5.18. The minimum atomic E-state index is -3.73. The van der Waals surface area contributed by atoms with Gasteiger partial charge in [0.2, 0.25) is 10.0 Å². The van der Waals surface area contributed by atoms with Crippen LogP contribution in [0, 0.1) is 6.92 Å². The predicted molar refractivity (Wildman–Crippen MR) is 89.5 cm³/mol. The largest absolute Gasteiger partial charge is 0.496 e. The fraction of sp³-hybridized carbons (Fsp3) is 0.294. The Morgan fingerprint density at radius 2 is 1.65 bits per heavy atom. The van der Waals surface area contributed by atoms with Gasteiger partial charge in [-0.25, -0.2) is 13.1 Å². The Labute approximate surface area is 137 Å². The molecular weight excluding hydrogens is 314 g/mol. The van der Waals surface area contributed by atoms with Crippen LogP contribution < -0.4 is 14.2 Å². The molecule has 0 aliphatic rings. The molecule has 0 amide bonds. The van der Waals surface area contributed by atoms with E-state index in [9.17, 15) is 8.42 Å². The molecule has 0 aliphatic heterocycles. The van der Waals surface area contributed by atoms with Crippen LogP contribution in [0.4, 0.5) is 0 Å². The van der Waals surface area contributed by atoms with Crippen LogP contribution in [0.2, 0.25) is 0 Å². The Morgan fingerprint density at radius 3 is 2.22 bits per heavy atom. The molecule has 0 saturated heterocycles. The summed E-state index contributed by atoms with van der Waals surface area (Å²) in [5.41, 5.74) is 1.53. The van der Waals surface area contributed by atoms with Gasteiger partial charge < -0.3 is 9.47 Å². The minimum Gasteiger partial charge on any atom is -0.496 e. The van der Waals surface area contributed by atoms with Gasteiger partial charge in [0.25, 0.3) is 0 Å². The van der Waals surface area contributed by atoms with E-state index in [0.29, 0.717) is 11.3 Å². The highest BCUT2D eigenvalue weighted by Gasteiger charge is 2.24. The van der Waals surface area contributed by atoms with Crippen LogP contribution in [-0.2, 0) is 10.0 Å². The number of methoxy groups -OCH3 is 2. The van der Waals surface area contributed by atoms with Crippen molar-refractivity contribution in [2.75, 3.05) is 14.2 Å². The zero-order valence-electron chi connectivity index (χ0n) is 13.7. The maximum atomic E-state index is 12.7. The summed E-state index contributed by atoms with van der Waals surface area (Å²) in [7, 11) is -0.749. The van der Waals surface area contributed by atoms with Gasteiger partial charge in [-0.3, -0.25) is 0 Å². The molecule has 0 radical (unpaired) electrons. The molecule has 0 bridgehead atoms. The monoisotopic (exact) mass is 335 g/mol. The van der Waals surface area contributed by atoms with Crippen LogP contribution in [0.5, 0.6) is 11.5 Å². The third-order valence-electron chi connectivity index (χ3n) is 3.67. The Hall–Kier alpha value is -2.05. The average Bonchev–Trinajstić information content (AvgIpc) is 2.54. The van der Waals surface area contributed by atoms with Crippen LogP contribution in [0.3, 0.4) is 0 Å². The van der Waals surface area contributed by atoms with Gasteiger partial charge in [0.1, 0.15) is 16.4 Å². The Bertz CT molecular complexity index is 773. The third kappa shape index (κ3) is 3.65. The lowest BCUT2D eigenvalue weighted by Gasteiger charge is -2.18. The van der Waals surface area contributed by atoms with Gasteiger partial charge in [-0.1, -0.05) is 30.3 Å². The normalized spacial score (nSPS) is 12.7. The van der Waals surface area contributed by atoms with Crippen molar-refractivity contribution in [2.45, 2.75) is 24.8 Å². The highest BCUT2D eigenvalue weighted by molar-refractivity contribution is 7.89. The molecule has 0 fully saturated rings. The van der Waals surface area contributed by atoms with Crippen molar-refractivity contribution in [3.63, 3.8) is 0 Å². The van der Waals surface area contributed by atoms with E-state index in [1.807, 2.05) is 30.3 Å². The number of ether oxygens (including phenoxy) is 2. The van der Waals surface area contributed by atoms with E-state index in [-0.39, 0.29) is 16.7 Å². The second-order valence-corrected chi connectivity index (χ2v) is 6.86. The molecule has 5 nitrogen and oxygen atoms in total. The van der Waals surface area contributed by atoms with Crippen LogP contribution in [-0.4, -0.2) is 22.6 Å². The Balaban J connectivity index is 2.38. The van der Waals surface area contributed by atoms with Gasteiger partial charge in [-0.05, 0) is 31.5 Å². The average molecular weight is 335 g/mol. The summed E-state index contributed by atoms with van der Waals surface area (Å²) in [6.07, 6.45) is 0. The fourth-order valence-corrected chi connectivity index (χ4v) is 3.90. The van der Waals surface area contributed by atoms with Crippen LogP contribution in [0.1, 0.15) is 24.1 Å². The lowest BCUT2D eigenvalue weighted by Crippen LogP contribution is -2.27. The zero-order valence-corrected chi connectivity index (χ0v) is 14.5. The molecule has 0 spiro atoms. The number of hydrogen-bond donors (Lipinski definition) is 1. The molecule has 2 aromatic carbocycles. The summed E-state index contributed by atoms with van der Waals surface area (Å²) < 4.78 is 38.6. The SMILES string of the molecule is COc1ccc(S(=O)(=O)NC(C)c2ccccc2)c(OC)c1C. The van der Waals surface area contributed by atoms with Crippen LogP contribution in [0.15, 0.2) is 47.4 Å². The number of benzene rings is 2. The quantitative estimate of drug-likeness (QED) is 0.881. The van der Waals surface area contributed by atoms with Crippen molar-refractivity contribution in [2.24, 2.45) is 0 Å². The summed E-state index contributed by atoms with van der Waals surface area (Å²) in [5, 5.41) is 0. The maximum Gasteiger partial charge on any atom is 0.244 e. The van der Waals surface area contributed by atoms with E-state index in [4.69, 9.17) is 9.47 Å². The van der Waals surface area contributed by atoms with Gasteiger partial charge in [-0.15, -0.1) is 0 Å². The first-order valence-electron chi connectivity index (χ1n) is 7.19. The molecule has 23 heavy (non-hydrogen) atoms. The molecule has 0 heterocycles. The Kier molecular flexibility index (Phi) is 5.28. The summed E-state index contributed by atoms with van der Waals surface area (Å²) in [6, 6.07) is 12.2. The number of sulfonamides is 1. The van der Waals surface area contributed by atoms with Crippen molar-refractivity contribution in [3.05, 3.63) is 53.6 Å². The molecule has 0 aromatic heterocycles. The highest BCUT2D eigenvalue weighted by Crippen LogP contribution is 2.34. The van der Waals surface area contributed by atoms with Gasteiger partial charge >= 0.3 is 0 Å². The summed E-state index contributed by atoms with van der Waals surface area (Å²) in [6.45, 7) is 3.56. The minimum absolute atomic E-state index is 0.0982. The predicted octanol–water partition coefficient (Wildman–Crippen LogP) is 3.05. The van der Waals surface area contributed by atoms with Crippen molar-refractivity contribution >= 4 is 10.0 Å². The third-order valence-corrected chi connectivity index (χ3v) is 5.23. The second kappa shape index (κ2) is 7.02. The lowest BCUT2D eigenvalue weighted by atomic mass is 10.1. The molecule has 0 aliphatic carbocycles. The van der Waals surface area contributed by atoms with E-state index < -0.39 is 10.0 Å². The lowest BCUT2D eigenvalue weighted by molar-refractivity contribution is 0.380. The van der Waals surface area contributed by atoms with Crippen molar-refractivity contribution in [1.29, 1.82) is 0 Å². The van der Waals surface area contributed by atoms with Gasteiger partial charge in [0.15, 0.2) is 0 Å². The van der Waals surface area contributed by atoms with E-state index in [1.165, 1.54) is 20.3 Å². The zero-order chi connectivity index (χ0) is 17.0. The van der Waals surface area contributed by atoms with E-state index in [1.54, 1.807) is 19.9 Å². The van der Waals surface area contributed by atoms with Gasteiger partial charge in [0.05, 0.1) is 14.2 Å². The molecular formula is C17H21NO4S. The van der Waals surface area contributed by atoms with Crippen molar-refractivity contribution < 1.29 is 17.9 Å². The molecule has 1 unspecified atom stereocenters. The van der Waals surface area contributed by atoms with E-state index >= 15 is 0 Å². The fourth-order valence-electron chi connectivity index (χ4n) is 2.44. The number of nitrogens with one attached hydrogen (secondary N) is 1. The molecule has 124 valence electrons. The highest BCUT2D eigenvalue weighted by atomic mass is 32.2. The molecule has 1 N–H and O–H groups in total. The van der Waals surface area contributed by atoms with Gasteiger partial charge in [-0.2, -0.15) is 0 Å². The molecule has 1 atom stereocenters. The van der Waals surface area contributed by atoms with Crippen molar-refractivity contribution in [3.8, 4) is 11.5 Å². The molecule has 2 aromatic rings. The first-order chi connectivity index (χ1) is 10.9. The molecule has 2 rings (SSSR count). The first kappa shape index (κ1) is 17.3. The number of hydrogen-bond acceptors (Lipinski definition) is 4. The standard InChI is InChI=1S/C17H21NO4S/c1-12-15(21-3)10-11-16(17(12)22-4)23(19,20)18-13(2)14-8-6-5-7-9-14/h5-11,13,18H,1-4H3. The van der Waals surface area contributed by atoms with E-state index in [0.717, 1.165) is 5.56 Å². The number of rotatable bonds is 6. The molecule has 0 saturated carbocycles. The van der Waals surface area contributed by atoms with Crippen LogP contribution >= 0.6 is 0 Å². The maximum absolute atomic E-state index is 12.7. The summed E-state index contributed by atoms with van der Waals surface area (Å²) in [4.78, 5) is 0.0982. The summed E-state index contributed by atoms with van der Waals surface area (Å²) in [5.74, 6) is 0.869. The smallest absolute Gasteiger partial charge is 0.244 e. The van der Waals surface area contributed by atoms with E-state index in [2.05, 4.69) is 4.72 Å². The van der Waals surface area contributed by atoms with Crippen molar-refractivity contribution in [1.82, 2.24) is 4.72 Å². The van der Waals surface area contributed by atoms with Gasteiger partial charge in [0, 0.05) is 11.6 Å². The Morgan fingerprint density at radius 1 is 1.00 bits per heavy atom.